The molecule has 5 nitrogen and oxygen atoms in total. The predicted octanol–water partition coefficient (Wildman–Crippen LogP) is 3.93. The highest BCUT2D eigenvalue weighted by molar-refractivity contribution is 6.28. The SMILES string of the molecule is CC(C)CN(C(=O)OCc1ccccc1)c1ccnc(Cl)n1. The second-order valence-corrected chi connectivity index (χ2v) is 5.57. The summed E-state index contributed by atoms with van der Waals surface area (Å²) in [7, 11) is 0. The molecule has 0 atom stereocenters. The van der Waals surface area contributed by atoms with Gasteiger partial charge in [0.25, 0.3) is 0 Å². The molecule has 2 rings (SSSR count). The Hall–Kier alpha value is -2.14. The molecule has 6 heteroatoms. The average molecular weight is 320 g/mol. The van der Waals surface area contributed by atoms with Crippen LogP contribution in [0.1, 0.15) is 19.4 Å². The van der Waals surface area contributed by atoms with E-state index in [2.05, 4.69) is 9.97 Å². The quantitative estimate of drug-likeness (QED) is 0.784. The number of halogens is 1. The summed E-state index contributed by atoms with van der Waals surface area (Å²) in [4.78, 5) is 21.7. The average Bonchev–Trinajstić information content (AvgIpc) is 2.51. The largest absolute Gasteiger partial charge is 0.444 e. The number of carbonyl (C=O) groups is 1. The first kappa shape index (κ1) is 16.2. The molecule has 0 saturated carbocycles. The molecule has 2 aromatic rings. The molecule has 1 heterocycles. The van der Waals surface area contributed by atoms with Crippen LogP contribution < -0.4 is 4.90 Å². The Bertz CT molecular complexity index is 620. The summed E-state index contributed by atoms with van der Waals surface area (Å²) in [5.74, 6) is 0.699. The minimum Gasteiger partial charge on any atom is -0.444 e. The van der Waals surface area contributed by atoms with Gasteiger partial charge >= 0.3 is 6.09 Å². The fourth-order valence-corrected chi connectivity index (χ4v) is 2.04. The van der Waals surface area contributed by atoms with E-state index in [1.807, 2.05) is 44.2 Å². The maximum Gasteiger partial charge on any atom is 0.415 e. The summed E-state index contributed by atoms with van der Waals surface area (Å²) in [5.41, 5.74) is 0.932. The van der Waals surface area contributed by atoms with Crippen LogP contribution in [-0.4, -0.2) is 22.6 Å². The molecule has 1 aromatic heterocycles. The maximum atomic E-state index is 12.4. The van der Waals surface area contributed by atoms with Gasteiger partial charge in [-0.25, -0.2) is 14.8 Å². The van der Waals surface area contributed by atoms with Crippen LogP contribution in [0.4, 0.5) is 10.6 Å². The summed E-state index contributed by atoms with van der Waals surface area (Å²) in [5, 5.41) is 0.0992. The Morgan fingerprint density at radius 1 is 1.27 bits per heavy atom. The minimum absolute atomic E-state index is 0.0992. The van der Waals surface area contributed by atoms with Crippen LogP contribution in [-0.2, 0) is 11.3 Å². The molecular formula is C16H18ClN3O2. The maximum absolute atomic E-state index is 12.4. The number of hydrogen-bond acceptors (Lipinski definition) is 4. The Morgan fingerprint density at radius 2 is 2.00 bits per heavy atom. The summed E-state index contributed by atoms with van der Waals surface area (Å²) in [6.45, 7) is 4.73. The summed E-state index contributed by atoms with van der Waals surface area (Å²) in [6, 6.07) is 11.2. The number of hydrogen-bond donors (Lipinski definition) is 0. The lowest BCUT2D eigenvalue weighted by molar-refractivity contribution is 0.146. The molecule has 0 aliphatic heterocycles. The van der Waals surface area contributed by atoms with Crippen molar-refractivity contribution in [2.45, 2.75) is 20.5 Å². The van der Waals surface area contributed by atoms with Crippen molar-refractivity contribution < 1.29 is 9.53 Å². The Morgan fingerprint density at radius 3 is 2.64 bits per heavy atom. The van der Waals surface area contributed by atoms with Crippen molar-refractivity contribution in [3.63, 3.8) is 0 Å². The number of carbonyl (C=O) groups excluding carboxylic acids is 1. The van der Waals surface area contributed by atoms with E-state index in [1.54, 1.807) is 6.07 Å². The molecule has 22 heavy (non-hydrogen) atoms. The molecule has 0 saturated heterocycles. The first-order valence-electron chi connectivity index (χ1n) is 7.03. The second-order valence-electron chi connectivity index (χ2n) is 5.23. The van der Waals surface area contributed by atoms with Crippen LogP contribution in [0.2, 0.25) is 5.28 Å². The van der Waals surface area contributed by atoms with Gasteiger partial charge in [0.05, 0.1) is 0 Å². The minimum atomic E-state index is -0.452. The number of nitrogens with zero attached hydrogens (tertiary/aromatic N) is 3. The van der Waals surface area contributed by atoms with Gasteiger partial charge in [0, 0.05) is 12.7 Å². The van der Waals surface area contributed by atoms with E-state index < -0.39 is 6.09 Å². The Balaban J connectivity index is 2.09. The van der Waals surface area contributed by atoms with E-state index in [1.165, 1.54) is 11.1 Å². The molecule has 0 radical (unpaired) electrons. The standard InChI is InChI=1S/C16H18ClN3O2/c1-12(2)10-20(14-8-9-18-15(17)19-14)16(21)22-11-13-6-4-3-5-7-13/h3-9,12H,10-11H2,1-2H3. The van der Waals surface area contributed by atoms with Crippen LogP contribution in [0.15, 0.2) is 42.6 Å². The van der Waals surface area contributed by atoms with Gasteiger partial charge in [-0.1, -0.05) is 44.2 Å². The monoisotopic (exact) mass is 319 g/mol. The van der Waals surface area contributed by atoms with Gasteiger partial charge < -0.3 is 4.74 Å². The highest BCUT2D eigenvalue weighted by atomic mass is 35.5. The zero-order valence-electron chi connectivity index (χ0n) is 12.6. The number of rotatable bonds is 5. The molecule has 0 aliphatic rings. The lowest BCUT2D eigenvalue weighted by Crippen LogP contribution is -2.35. The van der Waals surface area contributed by atoms with E-state index in [0.29, 0.717) is 12.4 Å². The molecule has 0 bridgehead atoms. The highest BCUT2D eigenvalue weighted by Gasteiger charge is 2.20. The van der Waals surface area contributed by atoms with Gasteiger partial charge in [-0.15, -0.1) is 0 Å². The van der Waals surface area contributed by atoms with Crippen molar-refractivity contribution in [1.29, 1.82) is 0 Å². The Kier molecular flexibility index (Phi) is 5.72. The topological polar surface area (TPSA) is 55.3 Å². The van der Waals surface area contributed by atoms with Crippen molar-refractivity contribution in [2.75, 3.05) is 11.4 Å². The number of anilines is 1. The van der Waals surface area contributed by atoms with E-state index >= 15 is 0 Å². The van der Waals surface area contributed by atoms with Crippen LogP contribution in [0.5, 0.6) is 0 Å². The Labute approximate surface area is 134 Å². The van der Waals surface area contributed by atoms with Crippen molar-refractivity contribution >= 4 is 23.5 Å². The zero-order valence-corrected chi connectivity index (χ0v) is 13.3. The molecule has 0 fully saturated rings. The van der Waals surface area contributed by atoms with Crippen molar-refractivity contribution in [3.8, 4) is 0 Å². The van der Waals surface area contributed by atoms with Gasteiger partial charge in [0.1, 0.15) is 12.4 Å². The first-order chi connectivity index (χ1) is 10.6. The second kappa shape index (κ2) is 7.75. The normalized spacial score (nSPS) is 10.5. The van der Waals surface area contributed by atoms with Crippen molar-refractivity contribution in [1.82, 2.24) is 9.97 Å². The van der Waals surface area contributed by atoms with Crippen molar-refractivity contribution in [2.24, 2.45) is 5.92 Å². The van der Waals surface area contributed by atoms with E-state index in [4.69, 9.17) is 16.3 Å². The third-order valence-corrected chi connectivity index (χ3v) is 3.04. The lowest BCUT2D eigenvalue weighted by atomic mass is 10.2. The van der Waals surface area contributed by atoms with Crippen LogP contribution in [0, 0.1) is 5.92 Å². The van der Waals surface area contributed by atoms with Crippen LogP contribution in [0.25, 0.3) is 0 Å². The first-order valence-corrected chi connectivity index (χ1v) is 7.41. The number of ether oxygens (including phenoxy) is 1. The van der Waals surface area contributed by atoms with E-state index in [0.717, 1.165) is 5.56 Å². The lowest BCUT2D eigenvalue weighted by Gasteiger charge is -2.23. The van der Waals surface area contributed by atoms with Gasteiger partial charge in [0.2, 0.25) is 5.28 Å². The van der Waals surface area contributed by atoms with Gasteiger partial charge in [-0.3, -0.25) is 4.90 Å². The molecular weight excluding hydrogens is 302 g/mol. The fourth-order valence-electron chi connectivity index (χ4n) is 1.90. The summed E-state index contributed by atoms with van der Waals surface area (Å²) >= 11 is 5.80. The zero-order chi connectivity index (χ0) is 15.9. The molecule has 1 amide bonds. The van der Waals surface area contributed by atoms with Gasteiger partial charge in [-0.05, 0) is 29.1 Å². The molecule has 0 unspecified atom stereocenters. The van der Waals surface area contributed by atoms with Crippen LogP contribution in [0.3, 0.4) is 0 Å². The third kappa shape index (κ3) is 4.70. The fraction of sp³-hybridized carbons (Fsp3) is 0.312. The molecule has 116 valence electrons. The number of benzene rings is 1. The molecule has 0 spiro atoms. The summed E-state index contributed by atoms with van der Waals surface area (Å²) < 4.78 is 5.37. The van der Waals surface area contributed by atoms with Crippen molar-refractivity contribution in [3.05, 3.63) is 53.4 Å². The van der Waals surface area contributed by atoms with Crippen LogP contribution >= 0.6 is 11.6 Å². The smallest absolute Gasteiger partial charge is 0.415 e. The highest BCUT2D eigenvalue weighted by Crippen LogP contribution is 2.16. The molecule has 0 N–H and O–H groups in total. The predicted molar refractivity (Wildman–Crippen MR) is 85.9 cm³/mol. The molecule has 0 aliphatic carbocycles. The number of aromatic nitrogens is 2. The molecule has 1 aromatic carbocycles. The van der Waals surface area contributed by atoms with Gasteiger partial charge in [0.15, 0.2) is 0 Å². The van der Waals surface area contributed by atoms with Gasteiger partial charge in [-0.2, -0.15) is 0 Å². The number of amides is 1. The third-order valence-electron chi connectivity index (χ3n) is 2.86. The van der Waals surface area contributed by atoms with E-state index in [-0.39, 0.29) is 17.8 Å². The summed E-state index contributed by atoms with van der Waals surface area (Å²) in [6.07, 6.45) is 1.06. The van der Waals surface area contributed by atoms with E-state index in [9.17, 15) is 4.79 Å².